The molecule has 0 aliphatic rings. The Morgan fingerprint density at radius 2 is 2.00 bits per heavy atom. The molecule has 3 nitrogen and oxygen atoms in total. The van der Waals surface area contributed by atoms with Crippen LogP contribution in [0.4, 0.5) is 0 Å². The minimum atomic E-state index is -0.357. The summed E-state index contributed by atoms with van der Waals surface area (Å²) >= 11 is 1.00. The standard InChI is InChI=1S/C7H12O3S/c1-5(2)7(9)11-4-6(8)10-3/h5H,4H2,1-3H3. The third kappa shape index (κ3) is 4.84. The van der Waals surface area contributed by atoms with E-state index >= 15 is 0 Å². The van der Waals surface area contributed by atoms with Gasteiger partial charge >= 0.3 is 5.97 Å². The Bertz CT molecular complexity index is 154. The van der Waals surface area contributed by atoms with E-state index in [4.69, 9.17) is 0 Å². The highest BCUT2D eigenvalue weighted by atomic mass is 32.2. The first kappa shape index (κ1) is 10.5. The topological polar surface area (TPSA) is 43.4 Å². The molecule has 0 heterocycles. The lowest BCUT2D eigenvalue weighted by atomic mass is 10.3. The van der Waals surface area contributed by atoms with Gasteiger partial charge < -0.3 is 4.74 Å². The van der Waals surface area contributed by atoms with Gasteiger partial charge in [0.15, 0.2) is 5.12 Å². The van der Waals surface area contributed by atoms with E-state index in [2.05, 4.69) is 4.74 Å². The minimum Gasteiger partial charge on any atom is -0.468 e. The van der Waals surface area contributed by atoms with Crippen LogP contribution in [0.5, 0.6) is 0 Å². The number of ether oxygens (including phenoxy) is 1. The Labute approximate surface area is 70.5 Å². The first-order chi connectivity index (χ1) is 5.07. The second-order valence-electron chi connectivity index (χ2n) is 2.34. The normalized spacial score (nSPS) is 9.82. The molecule has 0 rings (SSSR count). The van der Waals surface area contributed by atoms with E-state index < -0.39 is 0 Å². The predicted octanol–water partition coefficient (Wildman–Crippen LogP) is 1.08. The lowest BCUT2D eigenvalue weighted by Crippen LogP contribution is -2.09. The first-order valence-electron chi connectivity index (χ1n) is 3.31. The Hall–Kier alpha value is -0.510. The molecule has 0 radical (unpaired) electrons. The molecule has 0 aliphatic carbocycles. The summed E-state index contributed by atoms with van der Waals surface area (Å²) in [5.41, 5.74) is 0. The molecule has 0 spiro atoms. The highest BCUT2D eigenvalue weighted by Crippen LogP contribution is 2.09. The van der Waals surface area contributed by atoms with Crippen LogP contribution in [0.15, 0.2) is 0 Å². The quantitative estimate of drug-likeness (QED) is 0.603. The molecule has 0 aromatic carbocycles. The molecule has 0 N–H and O–H groups in total. The van der Waals surface area contributed by atoms with Crippen LogP contribution in [0.3, 0.4) is 0 Å². The van der Waals surface area contributed by atoms with Gasteiger partial charge in [0, 0.05) is 5.92 Å². The number of methoxy groups -OCH3 is 1. The summed E-state index contributed by atoms with van der Waals surface area (Å²) in [6.45, 7) is 3.60. The lowest BCUT2D eigenvalue weighted by Gasteiger charge is -2.01. The van der Waals surface area contributed by atoms with Gasteiger partial charge in [-0.05, 0) is 0 Å². The smallest absolute Gasteiger partial charge is 0.316 e. The Balaban J connectivity index is 3.54. The van der Waals surface area contributed by atoms with E-state index in [1.54, 1.807) is 13.8 Å². The van der Waals surface area contributed by atoms with E-state index in [-0.39, 0.29) is 22.8 Å². The van der Waals surface area contributed by atoms with Crippen molar-refractivity contribution in [3.05, 3.63) is 0 Å². The van der Waals surface area contributed by atoms with E-state index in [1.807, 2.05) is 0 Å². The summed E-state index contributed by atoms with van der Waals surface area (Å²) in [5.74, 6) is -0.262. The van der Waals surface area contributed by atoms with Crippen LogP contribution in [-0.2, 0) is 14.3 Å². The lowest BCUT2D eigenvalue weighted by molar-refractivity contribution is -0.137. The van der Waals surface area contributed by atoms with Crippen LogP contribution in [0.2, 0.25) is 0 Å². The summed E-state index contributed by atoms with van der Waals surface area (Å²) in [6.07, 6.45) is 0. The van der Waals surface area contributed by atoms with Crippen LogP contribution < -0.4 is 0 Å². The summed E-state index contributed by atoms with van der Waals surface area (Å²) in [5, 5.41) is 0.0235. The van der Waals surface area contributed by atoms with Crippen LogP contribution in [-0.4, -0.2) is 23.9 Å². The molecule has 0 fully saturated rings. The fourth-order valence-electron chi connectivity index (χ4n) is 0.356. The number of carbonyl (C=O) groups is 2. The molecule has 64 valence electrons. The number of esters is 1. The van der Waals surface area contributed by atoms with E-state index in [0.717, 1.165) is 11.8 Å². The van der Waals surface area contributed by atoms with E-state index in [9.17, 15) is 9.59 Å². The van der Waals surface area contributed by atoms with Gasteiger partial charge in [0.05, 0.1) is 12.9 Å². The first-order valence-corrected chi connectivity index (χ1v) is 4.30. The molecule has 11 heavy (non-hydrogen) atoms. The molecule has 0 saturated carbocycles. The monoisotopic (exact) mass is 176 g/mol. The van der Waals surface area contributed by atoms with Crippen molar-refractivity contribution in [2.45, 2.75) is 13.8 Å². The molecule has 0 aromatic rings. The zero-order valence-electron chi connectivity index (χ0n) is 6.92. The van der Waals surface area contributed by atoms with Crippen LogP contribution >= 0.6 is 11.8 Å². The Kier molecular flexibility index (Phi) is 4.94. The van der Waals surface area contributed by atoms with E-state index in [0.29, 0.717) is 0 Å². The van der Waals surface area contributed by atoms with E-state index in [1.165, 1.54) is 7.11 Å². The molecule has 0 aliphatic heterocycles. The van der Waals surface area contributed by atoms with Crippen molar-refractivity contribution < 1.29 is 14.3 Å². The zero-order valence-corrected chi connectivity index (χ0v) is 7.73. The maximum atomic E-state index is 10.9. The van der Waals surface area contributed by atoms with Crippen molar-refractivity contribution in [2.24, 2.45) is 5.92 Å². The average molecular weight is 176 g/mol. The Morgan fingerprint density at radius 1 is 1.45 bits per heavy atom. The molecule has 0 amide bonds. The molecule has 0 saturated heterocycles. The highest BCUT2D eigenvalue weighted by Gasteiger charge is 2.10. The predicted molar refractivity (Wildman–Crippen MR) is 44.3 cm³/mol. The Morgan fingerprint density at radius 3 is 2.36 bits per heavy atom. The second kappa shape index (κ2) is 5.18. The van der Waals surface area contributed by atoms with Gasteiger partial charge in [0.25, 0.3) is 0 Å². The molecular weight excluding hydrogens is 164 g/mol. The van der Waals surface area contributed by atoms with Crippen molar-refractivity contribution in [2.75, 3.05) is 12.9 Å². The maximum absolute atomic E-state index is 10.9. The third-order valence-electron chi connectivity index (χ3n) is 1.03. The van der Waals surface area contributed by atoms with Gasteiger partial charge in [-0.15, -0.1) is 0 Å². The largest absolute Gasteiger partial charge is 0.468 e. The molecule has 4 heteroatoms. The molecule has 0 bridgehead atoms. The van der Waals surface area contributed by atoms with Crippen molar-refractivity contribution in [3.63, 3.8) is 0 Å². The molecule has 0 atom stereocenters. The number of hydrogen-bond donors (Lipinski definition) is 0. The van der Waals surface area contributed by atoms with Crippen molar-refractivity contribution in [3.8, 4) is 0 Å². The summed E-state index contributed by atoms with van der Waals surface area (Å²) in [4.78, 5) is 21.5. The van der Waals surface area contributed by atoms with Crippen LogP contribution in [0.25, 0.3) is 0 Å². The highest BCUT2D eigenvalue weighted by molar-refractivity contribution is 8.14. The number of thioether (sulfide) groups is 1. The summed E-state index contributed by atoms with van der Waals surface area (Å²) < 4.78 is 4.37. The molecule has 0 aromatic heterocycles. The van der Waals surface area contributed by atoms with Crippen LogP contribution in [0, 0.1) is 5.92 Å². The number of hydrogen-bond acceptors (Lipinski definition) is 4. The van der Waals surface area contributed by atoms with Crippen molar-refractivity contribution in [1.82, 2.24) is 0 Å². The maximum Gasteiger partial charge on any atom is 0.316 e. The van der Waals surface area contributed by atoms with Gasteiger partial charge in [-0.3, -0.25) is 9.59 Å². The fraction of sp³-hybridized carbons (Fsp3) is 0.714. The number of carbonyl (C=O) groups excluding carboxylic acids is 2. The molecular formula is C7H12O3S. The van der Waals surface area contributed by atoms with Crippen molar-refractivity contribution >= 4 is 22.8 Å². The van der Waals surface area contributed by atoms with Gasteiger partial charge in [0.2, 0.25) is 0 Å². The van der Waals surface area contributed by atoms with Gasteiger partial charge in [0.1, 0.15) is 0 Å². The SMILES string of the molecule is COC(=O)CSC(=O)C(C)C. The van der Waals surface area contributed by atoms with Gasteiger partial charge in [-0.1, -0.05) is 25.6 Å². The van der Waals surface area contributed by atoms with Gasteiger partial charge in [-0.25, -0.2) is 0 Å². The summed E-state index contributed by atoms with van der Waals surface area (Å²) in [7, 11) is 1.31. The fourth-order valence-corrected chi connectivity index (χ4v) is 1.07. The number of rotatable bonds is 3. The minimum absolute atomic E-state index is 0.0235. The average Bonchev–Trinajstić information content (AvgIpc) is 1.99. The second-order valence-corrected chi connectivity index (χ2v) is 3.32. The van der Waals surface area contributed by atoms with Crippen molar-refractivity contribution in [1.29, 1.82) is 0 Å². The zero-order chi connectivity index (χ0) is 8.85. The molecule has 0 unspecified atom stereocenters. The third-order valence-corrected chi connectivity index (χ3v) is 2.17. The summed E-state index contributed by atoms with van der Waals surface area (Å²) in [6, 6.07) is 0. The van der Waals surface area contributed by atoms with Crippen LogP contribution in [0.1, 0.15) is 13.8 Å². The van der Waals surface area contributed by atoms with Gasteiger partial charge in [-0.2, -0.15) is 0 Å².